The second kappa shape index (κ2) is 6.23. The van der Waals surface area contributed by atoms with Gasteiger partial charge in [0.25, 0.3) is 0 Å². The number of nitrogens with one attached hydrogen (secondary N) is 2. The number of rotatable bonds is 5. The summed E-state index contributed by atoms with van der Waals surface area (Å²) in [6.45, 7) is 3.32. The first kappa shape index (κ1) is 14.8. The van der Waals surface area contributed by atoms with Crippen molar-refractivity contribution in [3.8, 4) is 0 Å². The summed E-state index contributed by atoms with van der Waals surface area (Å²) in [5, 5.41) is 11.6. The van der Waals surface area contributed by atoms with Gasteiger partial charge < -0.3 is 10.6 Å². The molecule has 1 aliphatic carbocycles. The Balaban J connectivity index is 2.00. The average molecular weight is 296 g/mol. The molecule has 0 heterocycles. The summed E-state index contributed by atoms with van der Waals surface area (Å²) in [6.07, 6.45) is 2.38. The van der Waals surface area contributed by atoms with Crippen molar-refractivity contribution in [1.29, 1.82) is 0 Å². The van der Waals surface area contributed by atoms with Crippen LogP contribution < -0.4 is 15.8 Å². The number of sulfonamides is 1. The molecule has 0 aromatic heterocycles. The van der Waals surface area contributed by atoms with E-state index in [-0.39, 0.29) is 4.90 Å². The van der Waals surface area contributed by atoms with Gasteiger partial charge in [0.15, 0.2) is 5.96 Å². The predicted octanol–water partition coefficient (Wildman–Crippen LogP) is 0.552. The van der Waals surface area contributed by atoms with Crippen LogP contribution in [0.15, 0.2) is 34.2 Å². The van der Waals surface area contributed by atoms with Crippen molar-refractivity contribution < 1.29 is 8.42 Å². The molecule has 0 amide bonds. The lowest BCUT2D eigenvalue weighted by molar-refractivity contribution is 0.598. The number of primary sulfonamides is 1. The Kier molecular flexibility index (Phi) is 4.61. The summed E-state index contributed by atoms with van der Waals surface area (Å²) in [5.41, 5.74) is 0.936. The Morgan fingerprint density at radius 3 is 2.50 bits per heavy atom. The van der Waals surface area contributed by atoms with Gasteiger partial charge in [-0.3, -0.25) is 0 Å². The Morgan fingerprint density at radius 2 is 2.00 bits per heavy atom. The largest absolute Gasteiger partial charge is 0.357 e. The summed E-state index contributed by atoms with van der Waals surface area (Å²) in [4.78, 5) is 4.59. The Morgan fingerprint density at radius 1 is 1.35 bits per heavy atom. The fourth-order valence-electron chi connectivity index (χ4n) is 1.70. The number of benzene rings is 1. The summed E-state index contributed by atoms with van der Waals surface area (Å²) in [5.74, 6) is 0.797. The second-order valence-corrected chi connectivity index (χ2v) is 6.36. The van der Waals surface area contributed by atoms with Crippen LogP contribution in [0.3, 0.4) is 0 Å². The SMILES string of the molecule is CCNC(=NCc1ccc(S(N)(=O)=O)cc1)NC1CC1. The van der Waals surface area contributed by atoms with Crippen LogP contribution in [0.1, 0.15) is 25.3 Å². The maximum Gasteiger partial charge on any atom is 0.238 e. The zero-order valence-electron chi connectivity index (χ0n) is 11.5. The van der Waals surface area contributed by atoms with Crippen LogP contribution >= 0.6 is 0 Å². The molecule has 0 radical (unpaired) electrons. The van der Waals surface area contributed by atoms with Gasteiger partial charge >= 0.3 is 0 Å². The standard InChI is InChI=1S/C13H20N4O2S/c1-2-15-13(17-11-5-6-11)16-9-10-3-7-12(8-4-10)20(14,18)19/h3-4,7-8,11H,2,5-6,9H2,1H3,(H2,14,18,19)(H2,15,16,17). The highest BCUT2D eigenvalue weighted by atomic mass is 32.2. The van der Waals surface area contributed by atoms with Crippen molar-refractivity contribution in [2.75, 3.05) is 6.54 Å². The highest BCUT2D eigenvalue weighted by molar-refractivity contribution is 7.89. The molecule has 1 aliphatic rings. The van der Waals surface area contributed by atoms with Gasteiger partial charge in [-0.25, -0.2) is 18.5 Å². The quantitative estimate of drug-likeness (QED) is 0.546. The molecule has 1 aromatic carbocycles. The molecule has 7 heteroatoms. The number of nitrogens with two attached hydrogens (primary N) is 1. The lowest BCUT2D eigenvalue weighted by Gasteiger charge is -2.10. The third-order valence-corrected chi connectivity index (χ3v) is 3.86. The van der Waals surface area contributed by atoms with Gasteiger partial charge in [0.05, 0.1) is 11.4 Å². The van der Waals surface area contributed by atoms with Gasteiger partial charge in [-0.05, 0) is 37.5 Å². The fraction of sp³-hybridized carbons (Fsp3) is 0.462. The van der Waals surface area contributed by atoms with E-state index >= 15 is 0 Å². The first-order valence-corrected chi connectivity index (χ1v) is 8.20. The molecule has 110 valence electrons. The second-order valence-electron chi connectivity index (χ2n) is 4.80. The molecular weight excluding hydrogens is 276 g/mol. The molecule has 0 bridgehead atoms. The van der Waals surface area contributed by atoms with Crippen molar-refractivity contribution in [3.63, 3.8) is 0 Å². The molecule has 2 rings (SSSR count). The monoisotopic (exact) mass is 296 g/mol. The van der Waals surface area contributed by atoms with E-state index in [1.165, 1.54) is 25.0 Å². The molecule has 1 saturated carbocycles. The van der Waals surface area contributed by atoms with Gasteiger partial charge in [-0.2, -0.15) is 0 Å². The van der Waals surface area contributed by atoms with Crippen LogP contribution in [0.25, 0.3) is 0 Å². The van der Waals surface area contributed by atoms with Crippen molar-refractivity contribution in [3.05, 3.63) is 29.8 Å². The van der Waals surface area contributed by atoms with Crippen molar-refractivity contribution in [2.45, 2.75) is 37.2 Å². The molecule has 6 nitrogen and oxygen atoms in total. The number of nitrogens with zero attached hydrogens (tertiary/aromatic N) is 1. The average Bonchev–Trinajstić information content (AvgIpc) is 3.20. The summed E-state index contributed by atoms with van der Waals surface area (Å²) >= 11 is 0. The highest BCUT2D eigenvalue weighted by Gasteiger charge is 2.21. The minimum atomic E-state index is -3.63. The summed E-state index contributed by atoms with van der Waals surface area (Å²) in [6, 6.07) is 6.99. The topological polar surface area (TPSA) is 96.6 Å². The van der Waals surface area contributed by atoms with Gasteiger partial charge in [0, 0.05) is 12.6 Å². The van der Waals surface area contributed by atoms with Crippen LogP contribution in [-0.4, -0.2) is 27.0 Å². The lowest BCUT2D eigenvalue weighted by Crippen LogP contribution is -2.38. The van der Waals surface area contributed by atoms with E-state index in [1.807, 2.05) is 6.92 Å². The number of guanidine groups is 1. The third kappa shape index (κ3) is 4.50. The van der Waals surface area contributed by atoms with Gasteiger partial charge in [0.2, 0.25) is 10.0 Å². The summed E-state index contributed by atoms with van der Waals surface area (Å²) in [7, 11) is -3.63. The maximum absolute atomic E-state index is 11.2. The zero-order chi connectivity index (χ0) is 14.6. The first-order chi connectivity index (χ1) is 9.49. The lowest BCUT2D eigenvalue weighted by atomic mass is 10.2. The fourth-order valence-corrected chi connectivity index (χ4v) is 2.21. The van der Waals surface area contributed by atoms with E-state index in [2.05, 4.69) is 15.6 Å². The van der Waals surface area contributed by atoms with Crippen molar-refractivity contribution in [2.24, 2.45) is 10.1 Å². The van der Waals surface area contributed by atoms with Crippen LogP contribution in [0.5, 0.6) is 0 Å². The minimum Gasteiger partial charge on any atom is -0.357 e. The Bertz CT molecular complexity index is 577. The predicted molar refractivity (Wildman–Crippen MR) is 78.8 cm³/mol. The number of hydrogen-bond donors (Lipinski definition) is 3. The number of hydrogen-bond acceptors (Lipinski definition) is 3. The smallest absolute Gasteiger partial charge is 0.238 e. The maximum atomic E-state index is 11.2. The van der Waals surface area contributed by atoms with Gasteiger partial charge in [0.1, 0.15) is 0 Å². The third-order valence-electron chi connectivity index (χ3n) is 2.93. The summed E-state index contributed by atoms with van der Waals surface area (Å²) < 4.78 is 22.3. The molecule has 4 N–H and O–H groups in total. The molecule has 1 fully saturated rings. The molecular formula is C13H20N4O2S. The van der Waals surface area contributed by atoms with Gasteiger partial charge in [-0.1, -0.05) is 12.1 Å². The molecule has 0 aliphatic heterocycles. The van der Waals surface area contributed by atoms with Crippen molar-refractivity contribution in [1.82, 2.24) is 10.6 Å². The zero-order valence-corrected chi connectivity index (χ0v) is 12.3. The molecule has 0 atom stereocenters. The van der Waals surface area contributed by atoms with E-state index in [0.717, 1.165) is 18.1 Å². The molecule has 0 spiro atoms. The van der Waals surface area contributed by atoms with E-state index in [0.29, 0.717) is 12.6 Å². The van der Waals surface area contributed by atoms with Gasteiger partial charge in [-0.15, -0.1) is 0 Å². The van der Waals surface area contributed by atoms with Crippen LogP contribution in [0.2, 0.25) is 0 Å². The minimum absolute atomic E-state index is 0.119. The molecule has 1 aromatic rings. The Hall–Kier alpha value is -1.60. The normalized spacial score (nSPS) is 16.0. The Labute approximate surface area is 119 Å². The van der Waals surface area contributed by atoms with E-state index in [1.54, 1.807) is 12.1 Å². The van der Waals surface area contributed by atoms with Crippen molar-refractivity contribution >= 4 is 16.0 Å². The van der Waals surface area contributed by atoms with Crippen LogP contribution in [0, 0.1) is 0 Å². The van der Waals surface area contributed by atoms with Crippen LogP contribution in [-0.2, 0) is 16.6 Å². The van der Waals surface area contributed by atoms with E-state index in [4.69, 9.17) is 5.14 Å². The first-order valence-electron chi connectivity index (χ1n) is 6.65. The van der Waals surface area contributed by atoms with E-state index < -0.39 is 10.0 Å². The number of aliphatic imine (C=N–C) groups is 1. The molecule has 0 unspecified atom stereocenters. The molecule has 0 saturated heterocycles. The molecule has 20 heavy (non-hydrogen) atoms. The van der Waals surface area contributed by atoms with E-state index in [9.17, 15) is 8.42 Å². The highest BCUT2D eigenvalue weighted by Crippen LogP contribution is 2.18. The van der Waals surface area contributed by atoms with Crippen LogP contribution in [0.4, 0.5) is 0 Å².